The van der Waals surface area contributed by atoms with Gasteiger partial charge in [-0.05, 0) is 19.1 Å². The Balaban J connectivity index is 1.93. The van der Waals surface area contributed by atoms with E-state index in [1.807, 2.05) is 0 Å². The second kappa shape index (κ2) is 5.43. The van der Waals surface area contributed by atoms with Crippen molar-refractivity contribution in [3.63, 3.8) is 0 Å². The number of fused-ring (bicyclic) bond motifs is 1. The molecule has 2 aromatic rings. The molecule has 8 nitrogen and oxygen atoms in total. The van der Waals surface area contributed by atoms with E-state index in [1.54, 1.807) is 19.1 Å². The summed E-state index contributed by atoms with van der Waals surface area (Å²) in [5.41, 5.74) is 0.461. The van der Waals surface area contributed by atoms with Crippen LogP contribution in [0.5, 0.6) is 0 Å². The van der Waals surface area contributed by atoms with Gasteiger partial charge < -0.3 is 15.2 Å². The molecule has 1 aliphatic heterocycles. The van der Waals surface area contributed by atoms with Gasteiger partial charge in [0.15, 0.2) is 0 Å². The lowest BCUT2D eigenvalue weighted by Crippen LogP contribution is -2.40. The molecule has 1 atom stereocenters. The fourth-order valence-corrected chi connectivity index (χ4v) is 2.47. The van der Waals surface area contributed by atoms with Crippen LogP contribution in [-0.4, -0.2) is 21.9 Å². The number of aliphatic hydroxyl groups is 1. The van der Waals surface area contributed by atoms with Crippen molar-refractivity contribution in [1.82, 2.24) is 0 Å². The standard InChI is InChI=1S/C16H12N2O6/c1-9-6-7-10(8-13(9)18(22)23)17-15(20)16(21)12-5-3-2-4-11(12)14(19)24-16/h2-8,21H,1H3,(H,17,20). The smallest absolute Gasteiger partial charge is 0.341 e. The number of anilines is 1. The van der Waals surface area contributed by atoms with Crippen LogP contribution in [0.1, 0.15) is 21.5 Å². The van der Waals surface area contributed by atoms with Gasteiger partial charge in [-0.15, -0.1) is 0 Å². The summed E-state index contributed by atoms with van der Waals surface area (Å²) < 4.78 is 4.83. The maximum Gasteiger partial charge on any atom is 0.341 e. The highest BCUT2D eigenvalue weighted by Crippen LogP contribution is 2.35. The van der Waals surface area contributed by atoms with Gasteiger partial charge in [0.25, 0.3) is 5.69 Å². The SMILES string of the molecule is Cc1ccc(NC(=O)C2(O)OC(=O)c3ccccc32)cc1[N+](=O)[O-]. The number of cyclic esters (lactones) is 1. The summed E-state index contributed by atoms with van der Waals surface area (Å²) in [5, 5.41) is 23.8. The number of nitrogens with zero attached hydrogens (tertiary/aromatic N) is 1. The molecular formula is C16H12N2O6. The number of amides is 1. The third kappa shape index (κ3) is 2.38. The zero-order valence-corrected chi connectivity index (χ0v) is 12.5. The van der Waals surface area contributed by atoms with Gasteiger partial charge in [-0.2, -0.15) is 0 Å². The number of nitro benzene ring substituents is 1. The lowest BCUT2D eigenvalue weighted by Gasteiger charge is -2.21. The average Bonchev–Trinajstić information content (AvgIpc) is 2.82. The summed E-state index contributed by atoms with van der Waals surface area (Å²) >= 11 is 0. The highest BCUT2D eigenvalue weighted by molar-refractivity contribution is 6.05. The minimum atomic E-state index is -2.48. The van der Waals surface area contributed by atoms with Crippen LogP contribution in [0.4, 0.5) is 11.4 Å². The minimum Gasteiger partial charge on any atom is -0.415 e. The molecule has 0 aliphatic carbocycles. The number of carbonyl (C=O) groups excluding carboxylic acids is 2. The zero-order chi connectivity index (χ0) is 17.5. The minimum absolute atomic E-state index is 0.0223. The van der Waals surface area contributed by atoms with Gasteiger partial charge in [-0.1, -0.05) is 24.3 Å². The van der Waals surface area contributed by atoms with Gasteiger partial charge in [0.05, 0.1) is 10.5 Å². The van der Waals surface area contributed by atoms with Crippen LogP contribution >= 0.6 is 0 Å². The molecule has 1 amide bonds. The molecule has 0 aromatic heterocycles. The number of hydrogen-bond donors (Lipinski definition) is 2. The second-order valence-electron chi connectivity index (χ2n) is 5.29. The monoisotopic (exact) mass is 328 g/mol. The van der Waals surface area contributed by atoms with E-state index in [2.05, 4.69) is 5.32 Å². The van der Waals surface area contributed by atoms with E-state index in [9.17, 15) is 24.8 Å². The van der Waals surface area contributed by atoms with Crippen LogP contribution < -0.4 is 5.32 Å². The first kappa shape index (κ1) is 15.6. The molecule has 8 heteroatoms. The van der Waals surface area contributed by atoms with Crippen LogP contribution in [0, 0.1) is 17.0 Å². The first-order chi connectivity index (χ1) is 11.3. The van der Waals surface area contributed by atoms with Gasteiger partial charge in [0, 0.05) is 22.9 Å². The van der Waals surface area contributed by atoms with Crippen LogP contribution in [0.25, 0.3) is 0 Å². The fraction of sp³-hybridized carbons (Fsp3) is 0.125. The number of nitro groups is 1. The Morgan fingerprint density at radius 3 is 2.71 bits per heavy atom. The van der Waals surface area contributed by atoms with Gasteiger partial charge in [-0.25, -0.2) is 4.79 Å². The summed E-state index contributed by atoms with van der Waals surface area (Å²) in [6.45, 7) is 1.56. The third-order valence-corrected chi connectivity index (χ3v) is 3.72. The van der Waals surface area contributed by atoms with Crippen molar-refractivity contribution < 1.29 is 24.4 Å². The van der Waals surface area contributed by atoms with Gasteiger partial charge in [0.1, 0.15) is 0 Å². The summed E-state index contributed by atoms with van der Waals surface area (Å²) in [7, 11) is 0. The number of carbonyl (C=O) groups is 2. The molecule has 0 spiro atoms. The van der Waals surface area contributed by atoms with Crippen molar-refractivity contribution >= 4 is 23.3 Å². The molecule has 0 saturated carbocycles. The van der Waals surface area contributed by atoms with Crippen molar-refractivity contribution in [3.05, 3.63) is 69.3 Å². The van der Waals surface area contributed by atoms with E-state index in [0.717, 1.165) is 0 Å². The predicted molar refractivity (Wildman–Crippen MR) is 82.2 cm³/mol. The lowest BCUT2D eigenvalue weighted by atomic mass is 10.0. The van der Waals surface area contributed by atoms with Crippen molar-refractivity contribution in [1.29, 1.82) is 0 Å². The summed E-state index contributed by atoms with van der Waals surface area (Å²) in [6, 6.07) is 10.0. The normalized spacial score (nSPS) is 18.7. The molecule has 24 heavy (non-hydrogen) atoms. The van der Waals surface area contributed by atoms with Crippen molar-refractivity contribution in [2.75, 3.05) is 5.32 Å². The molecule has 0 radical (unpaired) electrons. The predicted octanol–water partition coefficient (Wildman–Crippen LogP) is 1.86. The first-order valence-electron chi connectivity index (χ1n) is 6.94. The number of rotatable bonds is 3. The summed E-state index contributed by atoms with van der Waals surface area (Å²) in [5.74, 6) is -4.31. The molecule has 1 aliphatic rings. The second-order valence-corrected chi connectivity index (χ2v) is 5.29. The largest absolute Gasteiger partial charge is 0.415 e. The van der Waals surface area contributed by atoms with Crippen molar-refractivity contribution in [2.24, 2.45) is 0 Å². The van der Waals surface area contributed by atoms with E-state index < -0.39 is 22.6 Å². The molecule has 1 unspecified atom stereocenters. The van der Waals surface area contributed by atoms with Crippen LogP contribution in [0.3, 0.4) is 0 Å². The molecule has 1 heterocycles. The van der Waals surface area contributed by atoms with E-state index in [1.165, 1.54) is 30.3 Å². The van der Waals surface area contributed by atoms with E-state index >= 15 is 0 Å². The maximum absolute atomic E-state index is 12.4. The molecule has 0 saturated heterocycles. The molecule has 0 fully saturated rings. The number of esters is 1. The lowest BCUT2D eigenvalue weighted by molar-refractivity contribution is -0.385. The number of nitrogens with one attached hydrogen (secondary N) is 1. The molecule has 0 bridgehead atoms. The quantitative estimate of drug-likeness (QED) is 0.504. The van der Waals surface area contributed by atoms with E-state index in [4.69, 9.17) is 4.74 Å². The first-order valence-corrected chi connectivity index (χ1v) is 6.94. The zero-order valence-electron chi connectivity index (χ0n) is 12.5. The maximum atomic E-state index is 12.4. The topological polar surface area (TPSA) is 119 Å². The Labute approximate surface area is 135 Å². The Kier molecular flexibility index (Phi) is 3.53. The highest BCUT2D eigenvalue weighted by Gasteiger charge is 2.50. The van der Waals surface area contributed by atoms with Crippen molar-refractivity contribution in [3.8, 4) is 0 Å². The molecule has 2 aromatic carbocycles. The fourth-order valence-electron chi connectivity index (χ4n) is 2.47. The Bertz CT molecular complexity index is 879. The molecular weight excluding hydrogens is 316 g/mol. The Hall–Kier alpha value is -3.26. The number of benzene rings is 2. The van der Waals surface area contributed by atoms with Crippen LogP contribution in [0.15, 0.2) is 42.5 Å². The molecule has 3 rings (SSSR count). The van der Waals surface area contributed by atoms with Crippen molar-refractivity contribution in [2.45, 2.75) is 12.7 Å². The average molecular weight is 328 g/mol. The van der Waals surface area contributed by atoms with E-state index in [0.29, 0.717) is 5.56 Å². The van der Waals surface area contributed by atoms with Gasteiger partial charge in [-0.3, -0.25) is 14.9 Å². The molecule has 122 valence electrons. The van der Waals surface area contributed by atoms with Crippen LogP contribution in [-0.2, 0) is 15.3 Å². The Morgan fingerprint density at radius 2 is 2.00 bits per heavy atom. The number of hydrogen-bond acceptors (Lipinski definition) is 6. The summed E-state index contributed by atoms with van der Waals surface area (Å²) in [6.07, 6.45) is 0. The van der Waals surface area contributed by atoms with Crippen LogP contribution in [0.2, 0.25) is 0 Å². The number of ether oxygens (including phenoxy) is 1. The Morgan fingerprint density at radius 1 is 1.29 bits per heavy atom. The van der Waals surface area contributed by atoms with Gasteiger partial charge in [0.2, 0.25) is 0 Å². The van der Waals surface area contributed by atoms with Gasteiger partial charge >= 0.3 is 17.7 Å². The highest BCUT2D eigenvalue weighted by atomic mass is 16.7. The third-order valence-electron chi connectivity index (χ3n) is 3.72. The number of aryl methyl sites for hydroxylation is 1. The molecule has 2 N–H and O–H groups in total. The van der Waals surface area contributed by atoms with E-state index in [-0.39, 0.29) is 22.5 Å². The summed E-state index contributed by atoms with van der Waals surface area (Å²) in [4.78, 5) is 34.6.